The first-order valence-electron chi connectivity index (χ1n) is 9.18. The highest BCUT2D eigenvalue weighted by atomic mass is 35.5. The molecule has 2 aromatic carbocycles. The third-order valence-corrected chi connectivity index (χ3v) is 5.54. The first-order chi connectivity index (χ1) is 13.7. The van der Waals surface area contributed by atoms with Crippen molar-refractivity contribution in [2.24, 2.45) is 0 Å². The maximum Gasteiger partial charge on any atom is 0.242 e. The predicted molar refractivity (Wildman–Crippen MR) is 115 cm³/mol. The summed E-state index contributed by atoms with van der Waals surface area (Å²) < 4.78 is 14.2. The van der Waals surface area contributed by atoms with Crippen molar-refractivity contribution in [1.82, 2.24) is 10.2 Å². The molecule has 2 aromatic rings. The number of carbonyl (C=O) groups is 2. The summed E-state index contributed by atoms with van der Waals surface area (Å²) >= 11 is 18.1. The molecule has 156 valence electrons. The van der Waals surface area contributed by atoms with Gasteiger partial charge in [-0.1, -0.05) is 53.9 Å². The normalized spacial score (nSPS) is 11.8. The predicted octanol–water partition coefficient (Wildman–Crippen LogP) is 5.27. The third kappa shape index (κ3) is 6.33. The second kappa shape index (κ2) is 10.8. The molecule has 0 unspecified atom stereocenters. The summed E-state index contributed by atoms with van der Waals surface area (Å²) in [6.45, 7) is 4.17. The number of nitrogens with zero attached hydrogens (tertiary/aromatic N) is 1. The Hall–Kier alpha value is -1.82. The SMILES string of the molecule is CCCNC(=O)[C@H](C)N(Cc1ccc(Cl)c(Cl)c1)C(=O)Cc1c(F)cccc1Cl. The van der Waals surface area contributed by atoms with E-state index >= 15 is 0 Å². The zero-order valence-electron chi connectivity index (χ0n) is 16.1. The number of benzene rings is 2. The molecular weight excluding hydrogens is 438 g/mol. The highest BCUT2D eigenvalue weighted by Crippen LogP contribution is 2.25. The standard InChI is InChI=1S/C21H22Cl3FN2O2/c1-3-9-26-21(29)13(2)27(12-14-7-8-17(23)18(24)10-14)20(28)11-15-16(22)5-4-6-19(15)25/h4-8,10,13H,3,9,11-12H2,1-2H3,(H,26,29)/t13-/m0/s1. The topological polar surface area (TPSA) is 49.4 Å². The lowest BCUT2D eigenvalue weighted by Gasteiger charge is -2.29. The van der Waals surface area contributed by atoms with Crippen LogP contribution in [0.3, 0.4) is 0 Å². The molecule has 2 amide bonds. The van der Waals surface area contributed by atoms with Gasteiger partial charge in [-0.05, 0) is 43.2 Å². The molecule has 0 radical (unpaired) electrons. The average molecular weight is 460 g/mol. The molecule has 8 heteroatoms. The minimum Gasteiger partial charge on any atom is -0.354 e. The Morgan fingerprint density at radius 2 is 1.83 bits per heavy atom. The zero-order chi connectivity index (χ0) is 21.6. The Labute approximate surface area is 184 Å². The van der Waals surface area contributed by atoms with Crippen LogP contribution in [0.15, 0.2) is 36.4 Å². The van der Waals surface area contributed by atoms with Crippen molar-refractivity contribution in [3.05, 3.63) is 68.4 Å². The van der Waals surface area contributed by atoms with Crippen LogP contribution in [-0.4, -0.2) is 29.3 Å². The Kier molecular flexibility index (Phi) is 8.75. The summed E-state index contributed by atoms with van der Waals surface area (Å²) in [7, 11) is 0. The van der Waals surface area contributed by atoms with E-state index in [1.165, 1.54) is 23.1 Å². The van der Waals surface area contributed by atoms with E-state index in [9.17, 15) is 14.0 Å². The van der Waals surface area contributed by atoms with Crippen molar-refractivity contribution >= 4 is 46.6 Å². The van der Waals surface area contributed by atoms with Gasteiger partial charge in [-0.15, -0.1) is 0 Å². The lowest BCUT2D eigenvalue weighted by atomic mass is 10.1. The third-order valence-electron chi connectivity index (χ3n) is 4.44. The van der Waals surface area contributed by atoms with Crippen molar-refractivity contribution in [1.29, 1.82) is 0 Å². The lowest BCUT2D eigenvalue weighted by Crippen LogP contribution is -2.48. The Morgan fingerprint density at radius 3 is 2.45 bits per heavy atom. The monoisotopic (exact) mass is 458 g/mol. The summed E-state index contributed by atoms with van der Waals surface area (Å²) in [5.41, 5.74) is 0.794. The van der Waals surface area contributed by atoms with Gasteiger partial charge in [-0.25, -0.2) is 4.39 Å². The van der Waals surface area contributed by atoms with E-state index in [1.54, 1.807) is 25.1 Å². The van der Waals surface area contributed by atoms with Crippen LogP contribution in [0.25, 0.3) is 0 Å². The smallest absolute Gasteiger partial charge is 0.242 e. The molecule has 0 spiro atoms. The highest BCUT2D eigenvalue weighted by Gasteiger charge is 2.27. The molecule has 0 aliphatic carbocycles. The number of hydrogen-bond acceptors (Lipinski definition) is 2. The molecule has 0 saturated carbocycles. The van der Waals surface area contributed by atoms with E-state index < -0.39 is 17.8 Å². The molecule has 0 aliphatic rings. The molecule has 1 N–H and O–H groups in total. The molecule has 0 saturated heterocycles. The average Bonchev–Trinajstić information content (AvgIpc) is 2.69. The molecule has 0 aromatic heterocycles. The van der Waals surface area contributed by atoms with E-state index in [2.05, 4.69) is 5.32 Å². The minimum absolute atomic E-state index is 0.0967. The number of rotatable bonds is 8. The van der Waals surface area contributed by atoms with Crippen LogP contribution >= 0.6 is 34.8 Å². The van der Waals surface area contributed by atoms with Gasteiger partial charge in [0, 0.05) is 23.7 Å². The largest absolute Gasteiger partial charge is 0.354 e. The molecule has 0 bridgehead atoms. The minimum atomic E-state index is -0.769. The van der Waals surface area contributed by atoms with Crippen LogP contribution in [0, 0.1) is 5.82 Å². The van der Waals surface area contributed by atoms with Gasteiger partial charge in [-0.2, -0.15) is 0 Å². The fourth-order valence-electron chi connectivity index (χ4n) is 2.77. The van der Waals surface area contributed by atoms with E-state index in [1.807, 2.05) is 6.92 Å². The van der Waals surface area contributed by atoms with Crippen molar-refractivity contribution in [2.45, 2.75) is 39.3 Å². The van der Waals surface area contributed by atoms with Gasteiger partial charge in [0.25, 0.3) is 0 Å². The van der Waals surface area contributed by atoms with Crippen LogP contribution < -0.4 is 5.32 Å². The molecule has 4 nitrogen and oxygen atoms in total. The van der Waals surface area contributed by atoms with Gasteiger partial charge in [-0.3, -0.25) is 9.59 Å². The van der Waals surface area contributed by atoms with E-state index in [0.29, 0.717) is 22.2 Å². The van der Waals surface area contributed by atoms with Crippen LogP contribution in [0.5, 0.6) is 0 Å². The number of nitrogens with one attached hydrogen (secondary N) is 1. The molecule has 0 heterocycles. The summed E-state index contributed by atoms with van der Waals surface area (Å²) in [5.74, 6) is -1.29. The number of carbonyl (C=O) groups excluding carboxylic acids is 2. The molecule has 0 aliphatic heterocycles. The van der Waals surface area contributed by atoms with E-state index in [4.69, 9.17) is 34.8 Å². The van der Waals surface area contributed by atoms with Crippen LogP contribution in [-0.2, 0) is 22.6 Å². The molecule has 1 atom stereocenters. The first kappa shape index (κ1) is 23.5. The second-order valence-electron chi connectivity index (χ2n) is 6.61. The van der Waals surface area contributed by atoms with Gasteiger partial charge in [0.05, 0.1) is 16.5 Å². The van der Waals surface area contributed by atoms with E-state index in [-0.39, 0.29) is 29.5 Å². The molecule has 0 fully saturated rings. The lowest BCUT2D eigenvalue weighted by molar-refractivity contribution is -0.140. The van der Waals surface area contributed by atoms with E-state index in [0.717, 1.165) is 6.42 Å². The summed E-state index contributed by atoms with van der Waals surface area (Å²) in [6.07, 6.45) is 0.502. The number of halogens is 4. The highest BCUT2D eigenvalue weighted by molar-refractivity contribution is 6.42. The number of hydrogen-bond donors (Lipinski definition) is 1. The summed E-state index contributed by atoms with van der Waals surface area (Å²) in [6, 6.07) is 8.45. The Morgan fingerprint density at radius 1 is 1.10 bits per heavy atom. The fraction of sp³-hybridized carbons (Fsp3) is 0.333. The van der Waals surface area contributed by atoms with Gasteiger partial charge < -0.3 is 10.2 Å². The maximum atomic E-state index is 14.2. The maximum absolute atomic E-state index is 14.2. The van der Waals surface area contributed by atoms with Crippen LogP contribution in [0.2, 0.25) is 15.1 Å². The quantitative estimate of drug-likeness (QED) is 0.584. The van der Waals surface area contributed by atoms with Crippen molar-refractivity contribution in [3.63, 3.8) is 0 Å². The van der Waals surface area contributed by atoms with Crippen molar-refractivity contribution in [3.8, 4) is 0 Å². The van der Waals surface area contributed by atoms with Gasteiger partial charge in [0.2, 0.25) is 11.8 Å². The van der Waals surface area contributed by atoms with Gasteiger partial charge >= 0.3 is 0 Å². The zero-order valence-corrected chi connectivity index (χ0v) is 18.4. The molecular formula is C21H22Cl3FN2O2. The fourth-order valence-corrected chi connectivity index (χ4v) is 3.32. The summed E-state index contributed by atoms with van der Waals surface area (Å²) in [4.78, 5) is 26.9. The first-order valence-corrected chi connectivity index (χ1v) is 10.3. The molecule has 29 heavy (non-hydrogen) atoms. The van der Waals surface area contributed by atoms with Crippen molar-refractivity contribution < 1.29 is 14.0 Å². The molecule has 2 rings (SSSR count). The van der Waals surface area contributed by atoms with Gasteiger partial charge in [0.1, 0.15) is 11.9 Å². The number of amides is 2. The second-order valence-corrected chi connectivity index (χ2v) is 7.84. The van der Waals surface area contributed by atoms with Crippen molar-refractivity contribution in [2.75, 3.05) is 6.54 Å². The van der Waals surface area contributed by atoms with Crippen LogP contribution in [0.1, 0.15) is 31.4 Å². The Bertz CT molecular complexity index is 872. The van der Waals surface area contributed by atoms with Crippen LogP contribution in [0.4, 0.5) is 4.39 Å². The Balaban J connectivity index is 2.30. The van der Waals surface area contributed by atoms with Gasteiger partial charge in [0.15, 0.2) is 0 Å². The summed E-state index contributed by atoms with van der Waals surface area (Å²) in [5, 5.41) is 3.68.